The Labute approximate surface area is 161 Å². The predicted molar refractivity (Wildman–Crippen MR) is 104 cm³/mol. The molecule has 0 bridgehead atoms. The zero-order valence-corrected chi connectivity index (χ0v) is 17.3. The van der Waals surface area contributed by atoms with E-state index in [-0.39, 0.29) is 12.1 Å². The number of hydrogen-bond acceptors (Lipinski definition) is 5. The standard InChI is InChI=1S/C19H30N2O5S/c1-13-5-8-16(9-6-13)21-27(23,24)12-19(22)20-14(2)15-7-10-17(25-3)18(11-15)26-4/h7,10-11,13-14,16,21H,5-6,8-9,12H2,1-4H3,(H,20,22). The third-order valence-electron chi connectivity index (χ3n) is 4.97. The summed E-state index contributed by atoms with van der Waals surface area (Å²) in [6.45, 7) is 3.97. The molecule has 152 valence electrons. The average Bonchev–Trinajstić information content (AvgIpc) is 2.62. The minimum Gasteiger partial charge on any atom is -0.493 e. The second kappa shape index (κ2) is 9.41. The smallest absolute Gasteiger partial charge is 0.237 e. The van der Waals surface area contributed by atoms with Crippen LogP contribution in [0.1, 0.15) is 51.1 Å². The largest absolute Gasteiger partial charge is 0.493 e. The highest BCUT2D eigenvalue weighted by Gasteiger charge is 2.25. The summed E-state index contributed by atoms with van der Waals surface area (Å²) in [7, 11) is -0.570. The molecule has 7 nitrogen and oxygen atoms in total. The molecule has 0 saturated heterocycles. The molecule has 1 aliphatic rings. The molecule has 0 radical (unpaired) electrons. The van der Waals surface area contributed by atoms with E-state index in [1.54, 1.807) is 26.2 Å². The van der Waals surface area contributed by atoms with E-state index in [1.165, 1.54) is 7.11 Å². The van der Waals surface area contributed by atoms with Crippen LogP contribution < -0.4 is 19.5 Å². The zero-order chi connectivity index (χ0) is 20.0. The second-order valence-electron chi connectivity index (χ2n) is 7.24. The van der Waals surface area contributed by atoms with Gasteiger partial charge in [0.2, 0.25) is 15.9 Å². The molecule has 1 fully saturated rings. The van der Waals surface area contributed by atoms with Crippen molar-refractivity contribution in [3.05, 3.63) is 23.8 Å². The van der Waals surface area contributed by atoms with E-state index in [1.807, 2.05) is 6.07 Å². The van der Waals surface area contributed by atoms with Gasteiger partial charge in [0.15, 0.2) is 11.5 Å². The molecule has 1 aromatic rings. The Morgan fingerprint density at radius 1 is 1.15 bits per heavy atom. The van der Waals surface area contributed by atoms with E-state index >= 15 is 0 Å². The lowest BCUT2D eigenvalue weighted by Gasteiger charge is -2.26. The van der Waals surface area contributed by atoms with E-state index < -0.39 is 21.7 Å². The number of methoxy groups -OCH3 is 2. The van der Waals surface area contributed by atoms with E-state index in [0.717, 1.165) is 31.2 Å². The molecule has 0 aromatic heterocycles. The molecule has 1 aliphatic carbocycles. The maximum atomic E-state index is 12.3. The molecule has 0 aliphatic heterocycles. The first-order chi connectivity index (χ1) is 12.7. The Bertz CT molecular complexity index is 742. The molecule has 1 saturated carbocycles. The van der Waals surface area contributed by atoms with Gasteiger partial charge in [0.05, 0.1) is 20.3 Å². The fourth-order valence-corrected chi connectivity index (χ4v) is 4.59. The third kappa shape index (κ3) is 6.39. The Kier molecular flexibility index (Phi) is 7.49. The molecule has 1 atom stereocenters. The first-order valence-electron chi connectivity index (χ1n) is 9.25. The van der Waals surface area contributed by atoms with Gasteiger partial charge in [-0.05, 0) is 56.2 Å². The Balaban J connectivity index is 1.92. The lowest BCUT2D eigenvalue weighted by atomic mass is 9.88. The van der Waals surface area contributed by atoms with Crippen LogP contribution in [0.2, 0.25) is 0 Å². The molecule has 1 unspecified atom stereocenters. The molecule has 1 amide bonds. The van der Waals surface area contributed by atoms with Gasteiger partial charge in [-0.3, -0.25) is 4.79 Å². The number of rotatable bonds is 8. The van der Waals surface area contributed by atoms with E-state index in [2.05, 4.69) is 17.0 Å². The number of carbonyl (C=O) groups is 1. The first-order valence-corrected chi connectivity index (χ1v) is 10.9. The summed E-state index contributed by atoms with van der Waals surface area (Å²) < 4.78 is 37.7. The quantitative estimate of drug-likeness (QED) is 0.701. The summed E-state index contributed by atoms with van der Waals surface area (Å²) in [5.41, 5.74) is 0.799. The fraction of sp³-hybridized carbons (Fsp3) is 0.632. The SMILES string of the molecule is COc1ccc(C(C)NC(=O)CS(=O)(=O)NC2CCC(C)CC2)cc1OC. The van der Waals surface area contributed by atoms with E-state index in [9.17, 15) is 13.2 Å². The summed E-state index contributed by atoms with van der Waals surface area (Å²) in [5.74, 6) is 0.673. The Hall–Kier alpha value is -1.80. The van der Waals surface area contributed by atoms with Crippen molar-refractivity contribution in [1.82, 2.24) is 10.0 Å². The molecule has 2 rings (SSSR count). The molecule has 0 spiro atoms. The highest BCUT2D eigenvalue weighted by molar-refractivity contribution is 7.90. The third-order valence-corrected chi connectivity index (χ3v) is 6.30. The summed E-state index contributed by atoms with van der Waals surface area (Å²) in [6.07, 6.45) is 3.67. The maximum Gasteiger partial charge on any atom is 0.237 e. The summed E-state index contributed by atoms with van der Waals surface area (Å²) in [4.78, 5) is 12.2. The molecule has 1 aromatic carbocycles. The normalized spacial score (nSPS) is 21.3. The maximum absolute atomic E-state index is 12.3. The lowest BCUT2D eigenvalue weighted by molar-refractivity contribution is -0.119. The molecule has 27 heavy (non-hydrogen) atoms. The van der Waals surface area contributed by atoms with Crippen molar-refractivity contribution >= 4 is 15.9 Å². The van der Waals surface area contributed by atoms with Gasteiger partial charge >= 0.3 is 0 Å². The van der Waals surface area contributed by atoms with Gasteiger partial charge in [-0.25, -0.2) is 13.1 Å². The molecule has 8 heteroatoms. The van der Waals surface area contributed by atoms with Gasteiger partial charge in [-0.1, -0.05) is 13.0 Å². The van der Waals surface area contributed by atoms with Gasteiger partial charge in [0.1, 0.15) is 5.75 Å². The van der Waals surface area contributed by atoms with Crippen LogP contribution in [0.3, 0.4) is 0 Å². The number of ether oxygens (including phenoxy) is 2. The number of carbonyl (C=O) groups excluding carboxylic acids is 1. The van der Waals surface area contributed by atoms with Gasteiger partial charge < -0.3 is 14.8 Å². The molecule has 0 heterocycles. The summed E-state index contributed by atoms with van der Waals surface area (Å²) in [6, 6.07) is 4.89. The first kappa shape index (κ1) is 21.5. The number of nitrogens with one attached hydrogen (secondary N) is 2. The Morgan fingerprint density at radius 3 is 2.37 bits per heavy atom. The topological polar surface area (TPSA) is 93.7 Å². The minimum absolute atomic E-state index is 0.0673. The predicted octanol–water partition coefficient (Wildman–Crippen LogP) is 2.38. The van der Waals surface area contributed by atoms with Crippen LogP contribution >= 0.6 is 0 Å². The van der Waals surface area contributed by atoms with Crippen molar-refractivity contribution < 1.29 is 22.7 Å². The van der Waals surface area contributed by atoms with Crippen LogP contribution in [0.4, 0.5) is 0 Å². The highest BCUT2D eigenvalue weighted by Crippen LogP contribution is 2.30. The second-order valence-corrected chi connectivity index (χ2v) is 8.99. The van der Waals surface area contributed by atoms with Gasteiger partial charge in [0, 0.05) is 6.04 Å². The van der Waals surface area contributed by atoms with Crippen LogP contribution in [0, 0.1) is 5.92 Å². The number of amides is 1. The van der Waals surface area contributed by atoms with Crippen LogP contribution in [0.25, 0.3) is 0 Å². The van der Waals surface area contributed by atoms with Crippen molar-refractivity contribution in [1.29, 1.82) is 0 Å². The molecule has 2 N–H and O–H groups in total. The summed E-state index contributed by atoms with van der Waals surface area (Å²) >= 11 is 0. The highest BCUT2D eigenvalue weighted by atomic mass is 32.2. The monoisotopic (exact) mass is 398 g/mol. The van der Waals surface area contributed by atoms with Gasteiger partial charge in [-0.2, -0.15) is 0 Å². The number of benzene rings is 1. The number of hydrogen-bond donors (Lipinski definition) is 2. The van der Waals surface area contributed by atoms with Crippen molar-refractivity contribution in [2.24, 2.45) is 5.92 Å². The van der Waals surface area contributed by atoms with Crippen molar-refractivity contribution in [2.75, 3.05) is 20.0 Å². The van der Waals surface area contributed by atoms with Crippen LogP contribution in [-0.2, 0) is 14.8 Å². The van der Waals surface area contributed by atoms with Crippen LogP contribution in [-0.4, -0.2) is 40.3 Å². The number of sulfonamides is 1. The average molecular weight is 399 g/mol. The van der Waals surface area contributed by atoms with Crippen LogP contribution in [0.15, 0.2) is 18.2 Å². The van der Waals surface area contributed by atoms with Crippen LogP contribution in [0.5, 0.6) is 11.5 Å². The van der Waals surface area contributed by atoms with E-state index in [0.29, 0.717) is 17.4 Å². The fourth-order valence-electron chi connectivity index (χ4n) is 3.33. The Morgan fingerprint density at radius 2 is 1.78 bits per heavy atom. The van der Waals surface area contributed by atoms with Gasteiger partial charge in [-0.15, -0.1) is 0 Å². The molecular formula is C19H30N2O5S. The van der Waals surface area contributed by atoms with Crippen molar-refractivity contribution in [3.63, 3.8) is 0 Å². The van der Waals surface area contributed by atoms with Gasteiger partial charge in [0.25, 0.3) is 0 Å². The van der Waals surface area contributed by atoms with Crippen molar-refractivity contribution in [2.45, 2.75) is 51.6 Å². The van der Waals surface area contributed by atoms with Crippen molar-refractivity contribution in [3.8, 4) is 11.5 Å². The zero-order valence-electron chi connectivity index (χ0n) is 16.4. The minimum atomic E-state index is -3.66. The molecular weight excluding hydrogens is 368 g/mol. The lowest BCUT2D eigenvalue weighted by Crippen LogP contribution is -2.42. The van der Waals surface area contributed by atoms with E-state index in [4.69, 9.17) is 9.47 Å². The summed E-state index contributed by atoms with van der Waals surface area (Å²) in [5, 5.41) is 2.73.